The fraction of sp³-hybridized carbons (Fsp3) is 0.286. The molecule has 3 heterocycles. The van der Waals surface area contributed by atoms with Crippen LogP contribution in [-0.2, 0) is 22.4 Å². The van der Waals surface area contributed by atoms with Crippen LogP contribution in [0.5, 0.6) is 5.75 Å². The number of pyridine rings is 1. The third-order valence-electron chi connectivity index (χ3n) is 7.48. The number of benzene rings is 2. The van der Waals surface area contributed by atoms with Gasteiger partial charge in [-0.2, -0.15) is 13.2 Å². The lowest BCUT2D eigenvalue weighted by Gasteiger charge is -2.31. The summed E-state index contributed by atoms with van der Waals surface area (Å²) in [5, 5.41) is 13.2. The summed E-state index contributed by atoms with van der Waals surface area (Å²) in [6.45, 7) is -0.0280. The number of halogens is 4. The Bertz CT molecular complexity index is 1590. The number of fused-ring (bicyclic) bond motifs is 2. The number of alkyl halides is 3. The number of nitrogens with two attached hydrogens (primary N) is 1. The van der Waals surface area contributed by atoms with Gasteiger partial charge in [-0.05, 0) is 61.0 Å². The van der Waals surface area contributed by atoms with Crippen LogP contribution in [0.15, 0.2) is 48.5 Å². The molecule has 9 nitrogen and oxygen atoms in total. The fourth-order valence-electron chi connectivity index (χ4n) is 4.86. The minimum Gasteiger partial charge on any atom is -0.489 e. The third kappa shape index (κ3) is 4.55. The normalized spacial score (nSPS) is 19.3. The summed E-state index contributed by atoms with van der Waals surface area (Å²) in [5.74, 6) is -2.70. The van der Waals surface area contributed by atoms with Crippen LogP contribution >= 0.6 is 0 Å². The molecule has 0 aliphatic carbocycles. The van der Waals surface area contributed by atoms with E-state index in [4.69, 9.17) is 10.5 Å². The predicted octanol–water partition coefficient (Wildman–Crippen LogP) is 2.79. The van der Waals surface area contributed by atoms with Crippen LogP contribution in [0.4, 0.5) is 17.6 Å². The van der Waals surface area contributed by atoms with Crippen molar-refractivity contribution in [3.8, 4) is 17.0 Å². The molecule has 1 aromatic heterocycles. The van der Waals surface area contributed by atoms with Crippen molar-refractivity contribution in [3.05, 3.63) is 82.3 Å². The highest BCUT2D eigenvalue weighted by molar-refractivity contribution is 6.01. The third-order valence-corrected chi connectivity index (χ3v) is 7.48. The molecule has 214 valence electrons. The first-order valence-corrected chi connectivity index (χ1v) is 12.4. The van der Waals surface area contributed by atoms with Gasteiger partial charge in [0.2, 0.25) is 11.5 Å². The summed E-state index contributed by atoms with van der Waals surface area (Å²) < 4.78 is 62.9. The van der Waals surface area contributed by atoms with Crippen LogP contribution in [-0.4, -0.2) is 59.1 Å². The summed E-state index contributed by atoms with van der Waals surface area (Å²) >= 11 is 0. The number of carbonyl (C=O) groups excluding carboxylic acids is 3. The summed E-state index contributed by atoms with van der Waals surface area (Å²) in [4.78, 5) is 42.8. The molecule has 3 aromatic rings. The van der Waals surface area contributed by atoms with Crippen molar-refractivity contribution in [2.45, 2.75) is 30.7 Å². The highest BCUT2D eigenvalue weighted by Crippen LogP contribution is 2.47. The smallest absolute Gasteiger partial charge is 0.424 e. The summed E-state index contributed by atoms with van der Waals surface area (Å²) in [7, 11) is 1.57. The molecule has 0 bridgehead atoms. The molecule has 13 heteroatoms. The minimum atomic E-state index is -5.35. The molecule has 1 unspecified atom stereocenters. The minimum absolute atomic E-state index is 0.0139. The number of amides is 3. The second kappa shape index (κ2) is 9.54. The van der Waals surface area contributed by atoms with Gasteiger partial charge in [-0.25, -0.2) is 9.37 Å². The zero-order valence-electron chi connectivity index (χ0n) is 21.8. The quantitative estimate of drug-likeness (QED) is 0.389. The molecule has 2 aromatic carbocycles. The van der Waals surface area contributed by atoms with Crippen molar-refractivity contribution < 1.29 is 41.8 Å². The van der Waals surface area contributed by atoms with Crippen molar-refractivity contribution in [2.75, 3.05) is 20.2 Å². The molecule has 0 saturated carbocycles. The Labute approximate surface area is 230 Å². The van der Waals surface area contributed by atoms with Crippen molar-refractivity contribution in [1.82, 2.24) is 15.2 Å². The first-order valence-electron chi connectivity index (χ1n) is 12.4. The molecular weight excluding hydrogens is 548 g/mol. The van der Waals surface area contributed by atoms with Crippen molar-refractivity contribution in [2.24, 2.45) is 5.73 Å². The van der Waals surface area contributed by atoms with Crippen LogP contribution in [0.2, 0.25) is 0 Å². The second-order valence-corrected chi connectivity index (χ2v) is 10.3. The number of hydrogen-bond donors (Lipinski definition) is 3. The van der Waals surface area contributed by atoms with E-state index in [0.717, 1.165) is 18.2 Å². The molecule has 0 fully saturated rings. The van der Waals surface area contributed by atoms with E-state index in [1.165, 1.54) is 42.2 Å². The molecule has 2 aliphatic rings. The van der Waals surface area contributed by atoms with E-state index in [9.17, 15) is 37.1 Å². The first-order chi connectivity index (χ1) is 19.2. The molecule has 0 saturated heterocycles. The van der Waals surface area contributed by atoms with Gasteiger partial charge in [0.1, 0.15) is 29.3 Å². The molecule has 0 radical (unpaired) electrons. The number of nitrogens with zero attached hydrogens (tertiary/aromatic N) is 2. The second-order valence-electron chi connectivity index (χ2n) is 10.3. The van der Waals surface area contributed by atoms with E-state index >= 15 is 0 Å². The van der Waals surface area contributed by atoms with Gasteiger partial charge in [-0.1, -0.05) is 0 Å². The van der Waals surface area contributed by atoms with E-state index in [0.29, 0.717) is 11.1 Å². The number of carbonyl (C=O) groups is 3. The number of aliphatic hydroxyl groups is 1. The zero-order valence-corrected chi connectivity index (χ0v) is 21.8. The number of hydrogen-bond acceptors (Lipinski definition) is 6. The van der Waals surface area contributed by atoms with E-state index in [2.05, 4.69) is 10.3 Å². The molecular formula is C28H24F4N4O5. The van der Waals surface area contributed by atoms with Crippen LogP contribution in [0.25, 0.3) is 11.3 Å². The molecule has 5 rings (SSSR count). The fourth-order valence-corrected chi connectivity index (χ4v) is 4.86. The van der Waals surface area contributed by atoms with Crippen LogP contribution in [0, 0.1) is 5.82 Å². The number of rotatable bonds is 6. The SMILES string of the molecule is CN1Cc2cc(C(=O)NCC(O)(c3cc4c(c(-c5ccc(F)cc5)n3)OC[C@]4(C)C(N)=O)C(F)(F)F)ccc2C1=O. The standard InChI is InChI=1S/C28H24F4N4O5/c1-26(25(33)39)13-41-22-19(26)10-20(35-21(22)14-3-6-17(29)7-4-14)27(40,28(30,31)32)12-34-23(37)15-5-8-18-16(9-15)11-36(2)24(18)38/h3-10,40H,11-13H2,1-2H3,(H2,33,39)(H,34,37)/t26-,27?/m0/s1. The molecule has 4 N–H and O–H groups in total. The van der Waals surface area contributed by atoms with Crippen molar-refractivity contribution in [1.29, 1.82) is 0 Å². The van der Waals surface area contributed by atoms with Gasteiger partial charge in [0.25, 0.3) is 11.8 Å². The van der Waals surface area contributed by atoms with Crippen LogP contribution < -0.4 is 15.8 Å². The van der Waals surface area contributed by atoms with E-state index in [1.54, 1.807) is 7.05 Å². The van der Waals surface area contributed by atoms with Crippen molar-refractivity contribution in [3.63, 3.8) is 0 Å². The van der Waals surface area contributed by atoms with Gasteiger partial charge >= 0.3 is 6.18 Å². The average Bonchev–Trinajstić information content (AvgIpc) is 3.42. The lowest BCUT2D eigenvalue weighted by atomic mass is 9.81. The lowest BCUT2D eigenvalue weighted by Crippen LogP contribution is -2.51. The topological polar surface area (TPSA) is 135 Å². The highest BCUT2D eigenvalue weighted by atomic mass is 19.4. The zero-order chi connectivity index (χ0) is 29.9. The number of aromatic nitrogens is 1. The molecule has 2 aliphatic heterocycles. The average molecular weight is 573 g/mol. The maximum atomic E-state index is 14.5. The maximum absolute atomic E-state index is 14.5. The van der Waals surface area contributed by atoms with Crippen LogP contribution in [0.3, 0.4) is 0 Å². The lowest BCUT2D eigenvalue weighted by molar-refractivity contribution is -0.265. The van der Waals surface area contributed by atoms with E-state index in [1.807, 2.05) is 0 Å². The number of ether oxygens (including phenoxy) is 1. The number of primary amides is 1. The summed E-state index contributed by atoms with van der Waals surface area (Å²) in [5.41, 5.74) is 0.186. The van der Waals surface area contributed by atoms with Gasteiger partial charge < -0.3 is 25.8 Å². The van der Waals surface area contributed by atoms with Gasteiger partial charge in [0, 0.05) is 35.8 Å². The molecule has 2 atom stereocenters. The van der Waals surface area contributed by atoms with Crippen LogP contribution in [0.1, 0.15) is 44.5 Å². The maximum Gasteiger partial charge on any atom is 0.424 e. The monoisotopic (exact) mass is 572 g/mol. The van der Waals surface area contributed by atoms with Gasteiger partial charge in [-0.3, -0.25) is 14.4 Å². The van der Waals surface area contributed by atoms with Gasteiger partial charge in [-0.15, -0.1) is 0 Å². The molecule has 41 heavy (non-hydrogen) atoms. The Morgan fingerprint density at radius 2 is 1.85 bits per heavy atom. The van der Waals surface area contributed by atoms with E-state index in [-0.39, 0.29) is 47.2 Å². The Morgan fingerprint density at radius 1 is 1.17 bits per heavy atom. The molecule has 0 spiro atoms. The van der Waals surface area contributed by atoms with Gasteiger partial charge in [0.05, 0.1) is 12.2 Å². The highest BCUT2D eigenvalue weighted by Gasteiger charge is 2.57. The Hall–Kier alpha value is -4.52. The predicted molar refractivity (Wildman–Crippen MR) is 136 cm³/mol. The summed E-state index contributed by atoms with van der Waals surface area (Å²) in [6, 6.07) is 9.64. The Morgan fingerprint density at radius 3 is 2.49 bits per heavy atom. The summed E-state index contributed by atoms with van der Waals surface area (Å²) in [6.07, 6.45) is -5.35. The largest absolute Gasteiger partial charge is 0.489 e. The van der Waals surface area contributed by atoms with Crippen molar-refractivity contribution >= 4 is 17.7 Å². The Kier molecular flexibility index (Phi) is 6.52. The van der Waals surface area contributed by atoms with Gasteiger partial charge in [0.15, 0.2) is 0 Å². The van der Waals surface area contributed by atoms with E-state index < -0.39 is 47.1 Å². The first kappa shape index (κ1) is 28.0. The number of nitrogens with one attached hydrogen (secondary N) is 1. The Balaban J connectivity index is 1.56. The molecule has 3 amide bonds.